The molecular formula is C21H18IN3O6S. The number of hydrogen-bond donors (Lipinski definition) is 1. The smallest absolute Gasteiger partial charge is 0.271 e. The van der Waals surface area contributed by atoms with Crippen molar-refractivity contribution in [2.45, 2.75) is 4.90 Å². The molecule has 0 saturated heterocycles. The van der Waals surface area contributed by atoms with Crippen LogP contribution in [0.15, 0.2) is 77.7 Å². The van der Waals surface area contributed by atoms with E-state index in [4.69, 9.17) is 4.74 Å². The lowest BCUT2D eigenvalue weighted by atomic mass is 10.2. The van der Waals surface area contributed by atoms with Crippen LogP contribution in [0, 0.1) is 13.7 Å². The fraction of sp³-hybridized carbons (Fsp3) is 0.0952. The maximum Gasteiger partial charge on any atom is 0.271 e. The minimum atomic E-state index is -4.06. The van der Waals surface area contributed by atoms with E-state index in [0.717, 1.165) is 13.9 Å². The van der Waals surface area contributed by atoms with Crippen LogP contribution < -0.4 is 14.4 Å². The summed E-state index contributed by atoms with van der Waals surface area (Å²) in [7, 11) is -2.71. The molecule has 1 N–H and O–H groups in total. The van der Waals surface area contributed by atoms with E-state index < -0.39 is 27.4 Å². The predicted octanol–water partition coefficient (Wildman–Crippen LogP) is 4.04. The minimum absolute atomic E-state index is 0.0271. The Kier molecular flexibility index (Phi) is 7.30. The van der Waals surface area contributed by atoms with E-state index in [0.29, 0.717) is 5.69 Å². The third-order valence-electron chi connectivity index (χ3n) is 4.40. The Bertz CT molecular complexity index is 1230. The predicted molar refractivity (Wildman–Crippen MR) is 128 cm³/mol. The second-order valence-corrected chi connectivity index (χ2v) is 9.60. The number of benzene rings is 3. The van der Waals surface area contributed by atoms with Crippen molar-refractivity contribution in [1.82, 2.24) is 0 Å². The molecule has 0 radical (unpaired) electrons. The zero-order chi connectivity index (χ0) is 23.3. The number of halogens is 1. The number of rotatable bonds is 8. The van der Waals surface area contributed by atoms with Crippen LogP contribution in [0.2, 0.25) is 0 Å². The molecule has 0 aromatic heterocycles. The Balaban J connectivity index is 1.95. The highest BCUT2D eigenvalue weighted by Gasteiger charge is 2.27. The monoisotopic (exact) mass is 567 g/mol. The normalized spacial score (nSPS) is 10.9. The van der Waals surface area contributed by atoms with E-state index in [1.807, 2.05) is 0 Å². The van der Waals surface area contributed by atoms with Gasteiger partial charge in [0.25, 0.3) is 15.7 Å². The Morgan fingerprint density at radius 2 is 1.75 bits per heavy atom. The summed E-state index contributed by atoms with van der Waals surface area (Å²) in [6.45, 7) is -0.552. The van der Waals surface area contributed by atoms with Gasteiger partial charge in [-0.05, 0) is 65.1 Å². The maximum atomic E-state index is 13.3. The molecule has 1 amide bonds. The van der Waals surface area contributed by atoms with Crippen LogP contribution in [0.5, 0.6) is 5.75 Å². The number of nitro benzene ring substituents is 1. The van der Waals surface area contributed by atoms with E-state index >= 15 is 0 Å². The van der Waals surface area contributed by atoms with E-state index in [1.165, 1.54) is 31.4 Å². The molecule has 0 heterocycles. The molecule has 3 aromatic carbocycles. The number of anilines is 2. The zero-order valence-electron chi connectivity index (χ0n) is 16.8. The number of nitro groups is 1. The molecular weight excluding hydrogens is 549 g/mol. The van der Waals surface area contributed by atoms with Gasteiger partial charge in [0.1, 0.15) is 12.3 Å². The molecule has 9 nitrogen and oxygen atoms in total. The fourth-order valence-electron chi connectivity index (χ4n) is 2.87. The number of amides is 1. The number of nitrogens with one attached hydrogen (secondary N) is 1. The van der Waals surface area contributed by atoms with Crippen molar-refractivity contribution in [1.29, 1.82) is 0 Å². The van der Waals surface area contributed by atoms with Crippen LogP contribution in [0.3, 0.4) is 0 Å². The first-order valence-electron chi connectivity index (χ1n) is 9.18. The van der Waals surface area contributed by atoms with Gasteiger partial charge in [-0.25, -0.2) is 8.42 Å². The quantitative estimate of drug-likeness (QED) is 0.249. The lowest BCUT2D eigenvalue weighted by molar-refractivity contribution is -0.384. The van der Waals surface area contributed by atoms with Crippen LogP contribution in [0.4, 0.5) is 17.1 Å². The Hall–Kier alpha value is -3.19. The highest BCUT2D eigenvalue weighted by Crippen LogP contribution is 2.29. The van der Waals surface area contributed by atoms with E-state index in [-0.39, 0.29) is 22.0 Å². The number of sulfonamides is 1. The van der Waals surface area contributed by atoms with Gasteiger partial charge in [-0.3, -0.25) is 19.2 Å². The van der Waals surface area contributed by atoms with Gasteiger partial charge >= 0.3 is 0 Å². The second-order valence-electron chi connectivity index (χ2n) is 6.49. The molecule has 3 aromatic rings. The summed E-state index contributed by atoms with van der Waals surface area (Å²) in [5, 5.41) is 13.6. The fourth-order valence-corrected chi connectivity index (χ4v) is 4.67. The largest absolute Gasteiger partial charge is 0.495 e. The second kappa shape index (κ2) is 9.96. The Labute approximate surface area is 198 Å². The average molecular weight is 567 g/mol. The number of nitrogens with zero attached hydrogens (tertiary/aromatic N) is 2. The summed E-state index contributed by atoms with van der Waals surface area (Å²) in [6.07, 6.45) is 0. The summed E-state index contributed by atoms with van der Waals surface area (Å²) >= 11 is 2.09. The average Bonchev–Trinajstić information content (AvgIpc) is 2.78. The molecule has 0 aliphatic rings. The third kappa shape index (κ3) is 5.34. The number of non-ortho nitro benzene ring substituents is 1. The molecule has 0 saturated carbocycles. The van der Waals surface area contributed by atoms with Crippen molar-refractivity contribution >= 4 is 55.6 Å². The van der Waals surface area contributed by atoms with E-state index in [2.05, 4.69) is 27.9 Å². The third-order valence-corrected chi connectivity index (χ3v) is 6.91. The molecule has 3 rings (SSSR count). The van der Waals surface area contributed by atoms with Crippen LogP contribution in [-0.2, 0) is 14.8 Å². The van der Waals surface area contributed by atoms with Gasteiger partial charge in [0, 0.05) is 15.7 Å². The van der Waals surface area contributed by atoms with Gasteiger partial charge in [0.15, 0.2) is 0 Å². The highest BCUT2D eigenvalue weighted by molar-refractivity contribution is 14.1. The molecule has 166 valence electrons. The van der Waals surface area contributed by atoms with Crippen molar-refractivity contribution in [2.24, 2.45) is 0 Å². The first kappa shape index (κ1) is 23.5. The lowest BCUT2D eigenvalue weighted by Gasteiger charge is -2.24. The van der Waals surface area contributed by atoms with Crippen molar-refractivity contribution < 1.29 is 22.9 Å². The molecule has 11 heteroatoms. The van der Waals surface area contributed by atoms with Gasteiger partial charge in [-0.1, -0.05) is 18.2 Å². The van der Waals surface area contributed by atoms with E-state index in [1.54, 1.807) is 42.5 Å². The van der Waals surface area contributed by atoms with E-state index in [9.17, 15) is 23.3 Å². The summed E-state index contributed by atoms with van der Waals surface area (Å²) in [5.74, 6) is -0.488. The number of hydrogen-bond acceptors (Lipinski definition) is 6. The molecule has 0 fully saturated rings. The van der Waals surface area contributed by atoms with Gasteiger partial charge in [-0.2, -0.15) is 0 Å². The summed E-state index contributed by atoms with van der Waals surface area (Å²) < 4.78 is 33.6. The summed E-state index contributed by atoms with van der Waals surface area (Å²) in [6, 6.07) is 18.2. The van der Waals surface area contributed by atoms with Crippen molar-refractivity contribution in [3.05, 3.63) is 86.5 Å². The molecule has 0 bridgehead atoms. The summed E-state index contributed by atoms with van der Waals surface area (Å²) in [4.78, 5) is 23.4. The number of ether oxygens (including phenoxy) is 1. The number of carbonyl (C=O) groups excluding carboxylic acids is 1. The standard InChI is InChI=1S/C21H18IN3O6S/c1-31-20-12-11-17(25(27)28)13-19(20)23-21(26)14-24(16-9-7-15(22)8-10-16)32(29,30)18-5-3-2-4-6-18/h2-13H,14H2,1H3,(H,23,26). The van der Waals surface area contributed by atoms with Crippen LogP contribution in [-0.4, -0.2) is 32.9 Å². The molecule has 0 atom stereocenters. The van der Waals surface area contributed by atoms with Crippen LogP contribution >= 0.6 is 22.6 Å². The van der Waals surface area contributed by atoms with Gasteiger partial charge in [0.05, 0.1) is 28.3 Å². The zero-order valence-corrected chi connectivity index (χ0v) is 19.7. The number of methoxy groups -OCH3 is 1. The van der Waals surface area contributed by atoms with Gasteiger partial charge in [0.2, 0.25) is 5.91 Å². The summed E-state index contributed by atoms with van der Waals surface area (Å²) in [5.41, 5.74) is 0.120. The molecule has 0 spiro atoms. The Morgan fingerprint density at radius 3 is 2.34 bits per heavy atom. The highest BCUT2D eigenvalue weighted by atomic mass is 127. The topological polar surface area (TPSA) is 119 Å². The SMILES string of the molecule is COc1ccc([N+](=O)[O-])cc1NC(=O)CN(c1ccc(I)cc1)S(=O)(=O)c1ccccc1. The van der Waals surface area contributed by atoms with Crippen LogP contribution in [0.25, 0.3) is 0 Å². The molecule has 0 aliphatic heterocycles. The maximum absolute atomic E-state index is 13.3. The molecule has 0 aliphatic carbocycles. The van der Waals surface area contributed by atoms with Crippen molar-refractivity contribution in [3.63, 3.8) is 0 Å². The molecule has 32 heavy (non-hydrogen) atoms. The number of carbonyl (C=O) groups is 1. The van der Waals surface area contributed by atoms with Gasteiger partial charge < -0.3 is 10.1 Å². The van der Waals surface area contributed by atoms with Gasteiger partial charge in [-0.15, -0.1) is 0 Å². The lowest BCUT2D eigenvalue weighted by Crippen LogP contribution is -2.38. The Morgan fingerprint density at radius 1 is 1.09 bits per heavy atom. The first-order chi connectivity index (χ1) is 15.2. The van der Waals surface area contributed by atoms with Crippen molar-refractivity contribution in [3.8, 4) is 5.75 Å². The molecule has 0 unspecified atom stereocenters. The minimum Gasteiger partial charge on any atom is -0.495 e. The van der Waals surface area contributed by atoms with Crippen LogP contribution in [0.1, 0.15) is 0 Å². The first-order valence-corrected chi connectivity index (χ1v) is 11.7. The van der Waals surface area contributed by atoms with Crippen molar-refractivity contribution in [2.75, 3.05) is 23.3 Å².